The van der Waals surface area contributed by atoms with Crippen LogP contribution in [0.5, 0.6) is 0 Å². The second kappa shape index (κ2) is 8.43. The molecule has 0 radical (unpaired) electrons. The van der Waals surface area contributed by atoms with E-state index in [-0.39, 0.29) is 35.8 Å². The number of hydrogen-bond acceptors (Lipinski definition) is 3. The predicted molar refractivity (Wildman–Crippen MR) is 111 cm³/mol. The first kappa shape index (κ1) is 23.7. The Morgan fingerprint density at radius 3 is 2.06 bits per heavy atom. The van der Waals surface area contributed by atoms with Crippen LogP contribution in [0.1, 0.15) is 33.5 Å². The third-order valence-electron chi connectivity index (χ3n) is 5.79. The predicted octanol–water partition coefficient (Wildman–Crippen LogP) is 5.52. The number of likely N-dealkylation sites (tertiary alicyclic amines) is 1. The molecule has 2 aromatic carbocycles. The number of carbonyl (C=O) groups excluding carboxylic acids is 1. The molecule has 1 unspecified atom stereocenters. The van der Waals surface area contributed by atoms with Gasteiger partial charge in [-0.3, -0.25) is 9.78 Å². The normalized spacial score (nSPS) is 18.9. The van der Waals surface area contributed by atoms with Crippen molar-refractivity contribution in [2.24, 2.45) is 0 Å². The molecule has 1 amide bonds. The highest BCUT2D eigenvalue weighted by Gasteiger charge is 2.40. The van der Waals surface area contributed by atoms with E-state index >= 15 is 0 Å². The monoisotopic (exact) mass is 480 g/mol. The Morgan fingerprint density at radius 2 is 1.53 bits per heavy atom. The topological polar surface area (TPSA) is 53.4 Å². The van der Waals surface area contributed by atoms with Crippen molar-refractivity contribution < 1.29 is 36.2 Å². The van der Waals surface area contributed by atoms with Crippen LogP contribution in [0.4, 0.5) is 26.3 Å². The molecule has 4 nitrogen and oxygen atoms in total. The van der Waals surface area contributed by atoms with Crippen LogP contribution >= 0.6 is 0 Å². The van der Waals surface area contributed by atoms with Crippen LogP contribution in [-0.4, -0.2) is 34.0 Å². The number of amides is 1. The first-order chi connectivity index (χ1) is 15.9. The average Bonchev–Trinajstić information content (AvgIpc) is 3.21. The summed E-state index contributed by atoms with van der Waals surface area (Å²) in [4.78, 5) is 18.3. The molecular formula is C24H18F6N2O2. The van der Waals surface area contributed by atoms with Crippen LogP contribution < -0.4 is 0 Å². The van der Waals surface area contributed by atoms with E-state index in [0.717, 1.165) is 0 Å². The van der Waals surface area contributed by atoms with E-state index < -0.39 is 35.0 Å². The molecule has 34 heavy (non-hydrogen) atoms. The number of β-amino-alcohol motifs (C(OH)–C–C–N with tert-alkyl or cyclic N) is 1. The molecule has 1 N–H and O–H groups in total. The Bertz CT molecular complexity index is 1160. The Balaban J connectivity index is 1.58. The minimum Gasteiger partial charge on any atom is -0.383 e. The number of halogens is 6. The molecule has 0 saturated carbocycles. The number of aliphatic hydroxyl groups is 1. The van der Waals surface area contributed by atoms with Gasteiger partial charge in [0.2, 0.25) is 0 Å². The molecule has 1 aromatic heterocycles. The number of benzene rings is 2. The lowest BCUT2D eigenvalue weighted by Gasteiger charge is -2.23. The van der Waals surface area contributed by atoms with Gasteiger partial charge in [-0.1, -0.05) is 18.2 Å². The number of hydrogen-bond donors (Lipinski definition) is 1. The molecule has 10 heteroatoms. The van der Waals surface area contributed by atoms with Crippen molar-refractivity contribution in [2.45, 2.75) is 24.4 Å². The maximum absolute atomic E-state index is 13.1. The lowest BCUT2D eigenvalue weighted by Crippen LogP contribution is -2.34. The molecule has 0 spiro atoms. The number of alkyl halides is 6. The van der Waals surface area contributed by atoms with Crippen LogP contribution in [0.15, 0.2) is 67.0 Å². The van der Waals surface area contributed by atoms with Gasteiger partial charge < -0.3 is 10.0 Å². The molecule has 1 aliphatic rings. The van der Waals surface area contributed by atoms with Gasteiger partial charge in [-0.25, -0.2) is 0 Å². The summed E-state index contributed by atoms with van der Waals surface area (Å²) in [7, 11) is 0. The van der Waals surface area contributed by atoms with Gasteiger partial charge in [-0.2, -0.15) is 26.3 Å². The van der Waals surface area contributed by atoms with E-state index in [2.05, 4.69) is 4.98 Å². The molecule has 0 aliphatic carbocycles. The van der Waals surface area contributed by atoms with E-state index in [1.54, 1.807) is 18.3 Å². The van der Waals surface area contributed by atoms with Crippen LogP contribution in [0, 0.1) is 0 Å². The fourth-order valence-electron chi connectivity index (χ4n) is 3.95. The van der Waals surface area contributed by atoms with Crippen molar-refractivity contribution >= 4 is 5.91 Å². The third-order valence-corrected chi connectivity index (χ3v) is 5.79. The highest BCUT2D eigenvalue weighted by Crippen LogP contribution is 2.39. The Morgan fingerprint density at radius 1 is 0.912 bits per heavy atom. The highest BCUT2D eigenvalue weighted by atomic mass is 19.4. The molecule has 178 valence electrons. The summed E-state index contributed by atoms with van der Waals surface area (Å²) in [5.41, 5.74) is -3.48. The fourth-order valence-corrected chi connectivity index (χ4v) is 3.95. The van der Waals surface area contributed by atoms with Crippen molar-refractivity contribution in [3.8, 4) is 11.1 Å². The van der Waals surface area contributed by atoms with E-state index in [4.69, 9.17) is 0 Å². The van der Waals surface area contributed by atoms with Gasteiger partial charge in [0.25, 0.3) is 5.91 Å². The van der Waals surface area contributed by atoms with Crippen molar-refractivity contribution in [3.63, 3.8) is 0 Å². The van der Waals surface area contributed by atoms with E-state index in [0.29, 0.717) is 24.1 Å². The number of rotatable bonds is 3. The van der Waals surface area contributed by atoms with Gasteiger partial charge >= 0.3 is 12.4 Å². The molecule has 1 aliphatic heterocycles. The minimum atomic E-state index is -4.95. The van der Waals surface area contributed by atoms with Crippen molar-refractivity contribution in [3.05, 3.63) is 89.2 Å². The zero-order chi connectivity index (χ0) is 24.7. The van der Waals surface area contributed by atoms with Crippen molar-refractivity contribution in [1.82, 2.24) is 9.88 Å². The largest absolute Gasteiger partial charge is 0.416 e. The second-order valence-electron chi connectivity index (χ2n) is 8.12. The summed E-state index contributed by atoms with van der Waals surface area (Å²) in [6.45, 7) is 0.302. The fraction of sp³-hybridized carbons (Fsp3) is 0.250. The molecule has 3 aromatic rings. The summed E-state index contributed by atoms with van der Waals surface area (Å²) in [5.74, 6) is -0.411. The van der Waals surface area contributed by atoms with Crippen LogP contribution in [0.25, 0.3) is 11.1 Å². The molecule has 2 heterocycles. The first-order valence-electron chi connectivity index (χ1n) is 10.2. The molecule has 1 saturated heterocycles. The lowest BCUT2D eigenvalue weighted by atomic mass is 9.95. The quantitative estimate of drug-likeness (QED) is 0.503. The molecule has 1 fully saturated rings. The van der Waals surface area contributed by atoms with E-state index in [1.807, 2.05) is 0 Å². The Kier molecular flexibility index (Phi) is 5.89. The molecule has 0 bridgehead atoms. The maximum Gasteiger partial charge on any atom is 0.416 e. The minimum absolute atomic E-state index is 0.0296. The Hall–Kier alpha value is -3.40. The lowest BCUT2D eigenvalue weighted by molar-refractivity contribution is -0.143. The second-order valence-corrected chi connectivity index (χ2v) is 8.12. The average molecular weight is 480 g/mol. The third kappa shape index (κ3) is 4.77. The zero-order valence-corrected chi connectivity index (χ0v) is 17.5. The van der Waals surface area contributed by atoms with Gasteiger partial charge in [0.05, 0.1) is 17.7 Å². The maximum atomic E-state index is 13.1. The summed E-state index contributed by atoms with van der Waals surface area (Å²) in [5, 5.41) is 10.9. The van der Waals surface area contributed by atoms with Crippen molar-refractivity contribution in [2.75, 3.05) is 13.1 Å². The van der Waals surface area contributed by atoms with Crippen LogP contribution in [0.2, 0.25) is 0 Å². The number of carbonyl (C=O) groups is 1. The molecular weight excluding hydrogens is 462 g/mol. The number of aromatic nitrogens is 1. The summed E-state index contributed by atoms with van der Waals surface area (Å²) < 4.78 is 78.8. The van der Waals surface area contributed by atoms with Crippen LogP contribution in [-0.2, 0) is 18.0 Å². The van der Waals surface area contributed by atoms with Gasteiger partial charge in [-0.15, -0.1) is 0 Å². The standard InChI is InChI=1S/C24H18F6N2O2/c25-23(26,27)19-10-17(11-20(12-19)24(28,29)30)15-3-5-16(6-4-15)21(33)32-9-7-22(34,14-32)18-2-1-8-31-13-18/h1-6,8,10-13,34H,7,9,14H2. The van der Waals surface area contributed by atoms with Gasteiger partial charge in [0, 0.05) is 30.1 Å². The highest BCUT2D eigenvalue weighted by molar-refractivity contribution is 5.95. The molecule has 4 rings (SSSR count). The number of nitrogens with zero attached hydrogens (tertiary/aromatic N) is 2. The summed E-state index contributed by atoms with van der Waals surface area (Å²) >= 11 is 0. The zero-order valence-electron chi connectivity index (χ0n) is 17.5. The first-order valence-corrected chi connectivity index (χ1v) is 10.2. The van der Waals surface area contributed by atoms with E-state index in [1.165, 1.54) is 35.4 Å². The Labute approximate surface area is 190 Å². The van der Waals surface area contributed by atoms with Gasteiger partial charge in [-0.05, 0) is 53.9 Å². The summed E-state index contributed by atoms with van der Waals surface area (Å²) in [6, 6.07) is 10.0. The van der Waals surface area contributed by atoms with Crippen LogP contribution in [0.3, 0.4) is 0 Å². The summed E-state index contributed by atoms with van der Waals surface area (Å²) in [6.07, 6.45) is -6.52. The number of pyridine rings is 1. The van der Waals surface area contributed by atoms with E-state index in [9.17, 15) is 36.2 Å². The van der Waals surface area contributed by atoms with Gasteiger partial charge in [0.1, 0.15) is 5.60 Å². The molecule has 1 atom stereocenters. The SMILES string of the molecule is O=C(c1ccc(-c2cc(C(F)(F)F)cc(C(F)(F)F)c2)cc1)N1CCC(O)(c2cccnc2)C1. The smallest absolute Gasteiger partial charge is 0.383 e. The van der Waals surface area contributed by atoms with Crippen molar-refractivity contribution in [1.29, 1.82) is 0 Å². The van der Waals surface area contributed by atoms with Gasteiger partial charge in [0.15, 0.2) is 0 Å².